The highest BCUT2D eigenvalue weighted by molar-refractivity contribution is 8.76. The Morgan fingerprint density at radius 2 is 1.50 bits per heavy atom. The highest BCUT2D eigenvalue weighted by atomic mass is 33.1. The van der Waals surface area contributed by atoms with Gasteiger partial charge in [-0.1, -0.05) is 27.7 Å². The van der Waals surface area contributed by atoms with Crippen LogP contribution in [0.5, 0.6) is 0 Å². The number of aromatic nitrogens is 4. The number of ether oxygens (including phenoxy) is 2. The fourth-order valence-electron chi connectivity index (χ4n) is 5.59. The van der Waals surface area contributed by atoms with E-state index in [0.29, 0.717) is 24.0 Å². The molecular weight excluding hydrogens is 573 g/mol. The number of likely N-dealkylation sites (N-methyl/N-ethyl adjacent to an activating group) is 2. The van der Waals surface area contributed by atoms with Gasteiger partial charge < -0.3 is 19.5 Å². The smallest absolute Gasteiger partial charge is 0.254 e. The quantitative estimate of drug-likeness (QED) is 0.200. The van der Waals surface area contributed by atoms with E-state index in [4.69, 9.17) is 9.47 Å². The van der Waals surface area contributed by atoms with Crippen molar-refractivity contribution in [1.82, 2.24) is 29.7 Å². The van der Waals surface area contributed by atoms with Gasteiger partial charge in [-0.3, -0.25) is 9.69 Å². The van der Waals surface area contributed by atoms with Crippen LogP contribution in [0, 0.1) is 0 Å². The number of nitrogens with zero attached hydrogens (tertiary/aromatic N) is 6. The molecule has 42 heavy (non-hydrogen) atoms. The maximum Gasteiger partial charge on any atom is 0.254 e. The number of aliphatic hydroxyl groups is 1. The lowest BCUT2D eigenvalue weighted by molar-refractivity contribution is -0.0134. The molecule has 3 unspecified atom stereocenters. The van der Waals surface area contributed by atoms with Gasteiger partial charge in [0.25, 0.3) is 5.91 Å². The van der Waals surface area contributed by atoms with Crippen LogP contribution in [0.25, 0.3) is 21.8 Å². The van der Waals surface area contributed by atoms with E-state index in [1.807, 2.05) is 43.3 Å². The number of hydrogen-bond acceptors (Lipinski definition) is 11. The molecule has 220 valence electrons. The Balaban J connectivity index is 1.22. The number of rotatable bonds is 10. The van der Waals surface area contributed by atoms with Crippen molar-refractivity contribution >= 4 is 49.3 Å². The maximum atomic E-state index is 13.4. The van der Waals surface area contributed by atoms with Crippen LogP contribution in [0.15, 0.2) is 59.1 Å². The summed E-state index contributed by atoms with van der Waals surface area (Å²) in [5, 5.41) is 12.7. The highest BCUT2D eigenvalue weighted by Crippen LogP contribution is 2.43. The second-order valence-electron chi connectivity index (χ2n) is 10.8. The molecule has 2 aromatic carbocycles. The second-order valence-corrected chi connectivity index (χ2v) is 13.0. The maximum absolute atomic E-state index is 13.4. The van der Waals surface area contributed by atoms with E-state index in [-0.39, 0.29) is 18.1 Å². The zero-order valence-electron chi connectivity index (χ0n) is 23.7. The zero-order chi connectivity index (χ0) is 29.1. The summed E-state index contributed by atoms with van der Waals surface area (Å²) in [6, 6.07) is 7.72. The van der Waals surface area contributed by atoms with Crippen molar-refractivity contribution in [2.45, 2.75) is 53.9 Å². The monoisotopic (exact) mass is 606 g/mol. The van der Waals surface area contributed by atoms with E-state index in [1.54, 1.807) is 38.9 Å². The minimum Gasteiger partial charge on any atom is -0.377 e. The zero-order valence-corrected chi connectivity index (χ0v) is 25.3. The van der Waals surface area contributed by atoms with Gasteiger partial charge in [0.05, 0.1) is 28.8 Å². The first-order valence-corrected chi connectivity index (χ1v) is 16.3. The Kier molecular flexibility index (Phi) is 9.17. The molecule has 2 fully saturated rings. The second kappa shape index (κ2) is 13.2. The van der Waals surface area contributed by atoms with E-state index in [9.17, 15) is 9.90 Å². The first kappa shape index (κ1) is 29.2. The lowest BCUT2D eigenvalue weighted by atomic mass is 10.1. The Morgan fingerprint density at radius 3 is 2.14 bits per heavy atom. The molecule has 2 aliphatic rings. The Labute approximate surface area is 252 Å². The van der Waals surface area contributed by atoms with Crippen molar-refractivity contribution in [2.24, 2.45) is 0 Å². The molecular formula is C30H34N6O4S2. The summed E-state index contributed by atoms with van der Waals surface area (Å²) in [6.07, 6.45) is 9.98. The van der Waals surface area contributed by atoms with Crippen molar-refractivity contribution < 1.29 is 19.4 Å². The molecule has 0 aliphatic carbocycles. The number of aliphatic hydroxyl groups excluding tert-OH is 1. The largest absolute Gasteiger partial charge is 0.377 e. The van der Waals surface area contributed by atoms with E-state index >= 15 is 0 Å². The lowest BCUT2D eigenvalue weighted by Gasteiger charge is -2.27. The summed E-state index contributed by atoms with van der Waals surface area (Å²) < 4.78 is 11.5. The van der Waals surface area contributed by atoms with Gasteiger partial charge in [-0.25, -0.2) is 19.9 Å². The Morgan fingerprint density at radius 1 is 0.905 bits per heavy atom. The number of carbonyl (C=O) groups is 1. The van der Waals surface area contributed by atoms with Gasteiger partial charge in [-0.2, -0.15) is 0 Å². The molecule has 0 spiro atoms. The fraction of sp³-hybridized carbons (Fsp3) is 0.433. The van der Waals surface area contributed by atoms with Crippen molar-refractivity contribution in [1.29, 1.82) is 0 Å². The van der Waals surface area contributed by atoms with Gasteiger partial charge >= 0.3 is 0 Å². The lowest BCUT2D eigenvalue weighted by Crippen LogP contribution is -2.34. The summed E-state index contributed by atoms with van der Waals surface area (Å²) in [5.41, 5.74) is 2.82. The Hall–Kier alpha value is -2.87. The van der Waals surface area contributed by atoms with Gasteiger partial charge in [0.15, 0.2) is 0 Å². The van der Waals surface area contributed by atoms with E-state index < -0.39 is 6.23 Å². The highest BCUT2D eigenvalue weighted by Gasteiger charge is 2.25. The summed E-state index contributed by atoms with van der Waals surface area (Å²) >= 11 is 0. The van der Waals surface area contributed by atoms with E-state index in [0.717, 1.165) is 70.7 Å². The van der Waals surface area contributed by atoms with E-state index in [1.165, 1.54) is 12.7 Å². The predicted octanol–water partition coefficient (Wildman–Crippen LogP) is 4.73. The molecule has 2 aromatic heterocycles. The molecule has 12 heteroatoms. The first-order chi connectivity index (χ1) is 20.5. The molecule has 1 N–H and O–H groups in total. The minimum atomic E-state index is -0.807. The fourth-order valence-corrected chi connectivity index (χ4v) is 7.84. The average Bonchev–Trinajstić information content (AvgIpc) is 3.73. The number of amides is 1. The molecule has 2 saturated heterocycles. The summed E-state index contributed by atoms with van der Waals surface area (Å²) in [4.78, 5) is 36.4. The van der Waals surface area contributed by atoms with Crippen LogP contribution in [-0.2, 0) is 9.47 Å². The predicted molar refractivity (Wildman–Crippen MR) is 163 cm³/mol. The molecule has 3 atom stereocenters. The van der Waals surface area contributed by atoms with E-state index in [2.05, 4.69) is 19.9 Å². The van der Waals surface area contributed by atoms with Crippen molar-refractivity contribution in [3.63, 3.8) is 0 Å². The van der Waals surface area contributed by atoms with Gasteiger partial charge in [-0.05, 0) is 50.9 Å². The van der Waals surface area contributed by atoms with Gasteiger partial charge in [0.2, 0.25) is 0 Å². The topological polar surface area (TPSA) is 114 Å². The molecule has 0 saturated carbocycles. The third-order valence-corrected chi connectivity index (χ3v) is 10.2. The summed E-state index contributed by atoms with van der Waals surface area (Å²) in [6.45, 7) is 2.75. The number of hydrogen-bond donors (Lipinski definition) is 1. The van der Waals surface area contributed by atoms with Gasteiger partial charge in [-0.15, -0.1) is 0 Å². The van der Waals surface area contributed by atoms with Gasteiger partial charge in [0.1, 0.15) is 18.9 Å². The third-order valence-electron chi connectivity index (χ3n) is 7.82. The van der Waals surface area contributed by atoms with Crippen LogP contribution in [0.3, 0.4) is 0 Å². The normalized spacial score (nSPS) is 19.6. The van der Waals surface area contributed by atoms with Crippen LogP contribution in [-0.4, -0.2) is 93.4 Å². The molecule has 10 nitrogen and oxygen atoms in total. The average molecular weight is 607 g/mol. The standard InChI is InChI=1S/C30H34N6O4S2/c1-35(15-19-5-3-11-39-19)29(37)21-7-9-25(27-23(21)13-31-17-33-27)41-42-26-10-8-22(24-14-32-18-34-28(24)26)30(38)36(2)16-20-6-4-12-40-20/h7-10,13-14,17-20,29,37H,3-6,11-12,15-16H2,1-2H3. The molecule has 0 radical (unpaired) electrons. The third kappa shape index (κ3) is 6.24. The van der Waals surface area contributed by atoms with Gasteiger partial charge in [0, 0.05) is 71.9 Å². The summed E-state index contributed by atoms with van der Waals surface area (Å²) in [5.74, 6) is -0.0733. The first-order valence-electron chi connectivity index (χ1n) is 14.2. The SMILES string of the molecule is CN(CC1CCCO1)C(=O)c1ccc(SSc2ccc(C(O)N(C)CC3CCCO3)c3cncnc23)c2ncncc12. The summed E-state index contributed by atoms with van der Waals surface area (Å²) in [7, 11) is 6.82. The van der Waals surface area contributed by atoms with Crippen molar-refractivity contribution in [3.05, 3.63) is 60.4 Å². The number of carbonyl (C=O) groups excluding carboxylic acids is 1. The van der Waals surface area contributed by atoms with Crippen molar-refractivity contribution in [3.8, 4) is 0 Å². The number of fused-ring (bicyclic) bond motifs is 2. The van der Waals surface area contributed by atoms with Crippen LogP contribution in [0.4, 0.5) is 0 Å². The van der Waals surface area contributed by atoms with Crippen LogP contribution in [0.1, 0.15) is 47.8 Å². The van der Waals surface area contributed by atoms with Crippen LogP contribution in [0.2, 0.25) is 0 Å². The van der Waals surface area contributed by atoms with Crippen molar-refractivity contribution in [2.75, 3.05) is 40.4 Å². The molecule has 4 heterocycles. The molecule has 0 bridgehead atoms. The number of benzene rings is 2. The molecule has 4 aromatic rings. The van der Waals surface area contributed by atoms with Crippen LogP contribution >= 0.6 is 21.6 Å². The molecule has 6 rings (SSSR count). The molecule has 1 amide bonds. The van der Waals surface area contributed by atoms with Crippen LogP contribution < -0.4 is 0 Å². The Bertz CT molecular complexity index is 1560. The minimum absolute atomic E-state index is 0.0733. The molecule has 2 aliphatic heterocycles.